The van der Waals surface area contributed by atoms with Crippen molar-refractivity contribution < 1.29 is 14.3 Å². The predicted molar refractivity (Wildman–Crippen MR) is 160 cm³/mol. The average Bonchev–Trinajstić information content (AvgIpc) is 3.58. The molecule has 0 saturated carbocycles. The summed E-state index contributed by atoms with van der Waals surface area (Å²) in [5.41, 5.74) is 4.42. The Balaban J connectivity index is 1.58. The number of carbonyl (C=O) groups is 2. The molecule has 5 rings (SSSR count). The Kier molecular flexibility index (Phi) is 7.86. The maximum absolute atomic E-state index is 12.3. The molecule has 40 heavy (non-hydrogen) atoms. The molecular formula is C30H28ClN5O3S. The van der Waals surface area contributed by atoms with Gasteiger partial charge >= 0.3 is 5.97 Å². The number of halogens is 1. The zero-order valence-electron chi connectivity index (χ0n) is 22.2. The van der Waals surface area contributed by atoms with Gasteiger partial charge in [-0.2, -0.15) is 0 Å². The van der Waals surface area contributed by atoms with Gasteiger partial charge in [-0.05, 0) is 78.9 Å². The Morgan fingerprint density at radius 3 is 2.45 bits per heavy atom. The first-order chi connectivity index (χ1) is 19.3. The van der Waals surface area contributed by atoms with Crippen molar-refractivity contribution in [1.82, 2.24) is 14.9 Å². The molecule has 1 fully saturated rings. The lowest BCUT2D eigenvalue weighted by Gasteiger charge is -2.29. The van der Waals surface area contributed by atoms with Crippen LogP contribution in [0.2, 0.25) is 5.02 Å². The van der Waals surface area contributed by atoms with E-state index in [0.29, 0.717) is 21.4 Å². The summed E-state index contributed by atoms with van der Waals surface area (Å²) >= 11 is 12.5. The highest BCUT2D eigenvalue weighted by molar-refractivity contribution is 7.80. The lowest BCUT2D eigenvalue weighted by atomic mass is 10.0. The van der Waals surface area contributed by atoms with E-state index in [1.54, 1.807) is 30.5 Å². The quantitative estimate of drug-likeness (QED) is 0.204. The number of rotatable bonds is 7. The number of ether oxygens (including phenoxy) is 1. The monoisotopic (exact) mass is 573 g/mol. The average molecular weight is 574 g/mol. The van der Waals surface area contributed by atoms with E-state index in [1.165, 1.54) is 7.11 Å². The standard InChI is InChI=1S/C30H28ClN5O3S/c1-18(2)28(37)33-23-14-13-21(17-22(23)31)36-27(26(34-30(36)40)24-7-4-5-15-32-24)25-8-6-16-35(25)20-11-9-19(10-12-20)29(38)39-3/h4-18,26-27H,1-3H3,(H,33,37)(H,34,40)/t26-,27+/m0/s1. The molecule has 2 atom stereocenters. The highest BCUT2D eigenvalue weighted by Gasteiger charge is 2.42. The third-order valence-electron chi connectivity index (χ3n) is 6.76. The minimum atomic E-state index is -0.393. The molecule has 0 unspecified atom stereocenters. The van der Waals surface area contributed by atoms with Crippen LogP contribution in [0.5, 0.6) is 0 Å². The van der Waals surface area contributed by atoms with Crippen molar-refractivity contribution in [3.63, 3.8) is 0 Å². The van der Waals surface area contributed by atoms with E-state index in [1.807, 2.05) is 73.5 Å². The van der Waals surface area contributed by atoms with E-state index in [9.17, 15) is 9.59 Å². The second-order valence-electron chi connectivity index (χ2n) is 9.65. The molecule has 0 aliphatic carbocycles. The highest BCUT2D eigenvalue weighted by Crippen LogP contribution is 2.43. The lowest BCUT2D eigenvalue weighted by molar-refractivity contribution is -0.118. The third kappa shape index (κ3) is 5.30. The molecule has 2 N–H and O–H groups in total. The van der Waals surface area contributed by atoms with Crippen molar-refractivity contribution in [2.24, 2.45) is 5.92 Å². The van der Waals surface area contributed by atoms with Crippen LogP contribution in [0.3, 0.4) is 0 Å². The Morgan fingerprint density at radius 1 is 1.05 bits per heavy atom. The molecule has 1 aliphatic rings. The molecule has 8 nitrogen and oxygen atoms in total. The summed E-state index contributed by atoms with van der Waals surface area (Å²) in [6.45, 7) is 3.65. The van der Waals surface area contributed by atoms with Gasteiger partial charge in [0.15, 0.2) is 5.11 Å². The fourth-order valence-corrected chi connectivity index (χ4v) is 5.28. The smallest absolute Gasteiger partial charge is 0.337 e. The number of amides is 1. The molecule has 0 spiro atoms. The van der Waals surface area contributed by atoms with Crippen molar-refractivity contribution in [2.75, 3.05) is 17.3 Å². The van der Waals surface area contributed by atoms with Gasteiger partial charge in [0.05, 0.1) is 35.1 Å². The number of anilines is 2. The van der Waals surface area contributed by atoms with Gasteiger partial charge in [-0.3, -0.25) is 9.78 Å². The minimum absolute atomic E-state index is 0.114. The van der Waals surface area contributed by atoms with Crippen molar-refractivity contribution in [3.8, 4) is 5.69 Å². The van der Waals surface area contributed by atoms with Gasteiger partial charge in [0.2, 0.25) is 5.91 Å². The highest BCUT2D eigenvalue weighted by atomic mass is 35.5. The van der Waals surface area contributed by atoms with Crippen molar-refractivity contribution in [1.29, 1.82) is 0 Å². The van der Waals surface area contributed by atoms with Crippen LogP contribution in [0.1, 0.15) is 47.7 Å². The maximum atomic E-state index is 12.3. The molecule has 1 amide bonds. The Hall–Kier alpha value is -4.21. The number of thiocarbonyl (C=S) groups is 1. The van der Waals surface area contributed by atoms with Crippen LogP contribution in [0, 0.1) is 5.92 Å². The fraction of sp³-hybridized carbons (Fsp3) is 0.200. The van der Waals surface area contributed by atoms with Crippen LogP contribution >= 0.6 is 23.8 Å². The number of aromatic nitrogens is 2. The second kappa shape index (κ2) is 11.5. The largest absolute Gasteiger partial charge is 0.465 e. The Morgan fingerprint density at radius 2 is 1.80 bits per heavy atom. The molecule has 2 aromatic carbocycles. The van der Waals surface area contributed by atoms with Gasteiger partial charge in [-0.1, -0.05) is 31.5 Å². The number of hydrogen-bond acceptors (Lipinski definition) is 5. The van der Waals surface area contributed by atoms with Crippen LogP contribution < -0.4 is 15.5 Å². The SMILES string of the molecule is COC(=O)c1ccc(-n2cccc2[C@@H]2[C@H](c3ccccn3)NC(=S)N2c2ccc(NC(=O)C(C)C)c(Cl)c2)cc1. The first-order valence-electron chi connectivity index (χ1n) is 12.8. The summed E-state index contributed by atoms with van der Waals surface area (Å²) in [6.07, 6.45) is 3.72. The molecule has 3 heterocycles. The summed E-state index contributed by atoms with van der Waals surface area (Å²) in [6, 6.07) is 21.9. The number of nitrogens with zero attached hydrogens (tertiary/aromatic N) is 3. The molecule has 0 radical (unpaired) electrons. The molecule has 1 aliphatic heterocycles. The van der Waals surface area contributed by atoms with Crippen molar-refractivity contribution in [3.05, 3.63) is 107 Å². The van der Waals surface area contributed by atoms with E-state index in [-0.39, 0.29) is 23.9 Å². The number of hydrogen-bond donors (Lipinski definition) is 2. The summed E-state index contributed by atoms with van der Waals surface area (Å²) in [7, 11) is 1.36. The number of carbonyl (C=O) groups excluding carboxylic acids is 2. The van der Waals surface area contributed by atoms with E-state index >= 15 is 0 Å². The summed E-state index contributed by atoms with van der Waals surface area (Å²) in [5, 5.41) is 7.25. The fourth-order valence-electron chi connectivity index (χ4n) is 4.71. The number of pyridine rings is 1. The van der Waals surface area contributed by atoms with Crippen molar-refractivity contribution >= 4 is 52.2 Å². The first-order valence-corrected chi connectivity index (χ1v) is 13.5. The van der Waals surface area contributed by atoms with Gasteiger partial charge in [0.1, 0.15) is 6.04 Å². The summed E-state index contributed by atoms with van der Waals surface area (Å²) in [4.78, 5) is 30.9. The molecule has 1 saturated heterocycles. The topological polar surface area (TPSA) is 88.5 Å². The van der Waals surface area contributed by atoms with E-state index in [4.69, 9.17) is 28.6 Å². The number of esters is 1. The Bertz CT molecular complexity index is 1560. The molecule has 4 aromatic rings. The molecule has 204 valence electrons. The molecular weight excluding hydrogens is 546 g/mol. The van der Waals surface area contributed by atoms with E-state index in [0.717, 1.165) is 22.8 Å². The van der Waals surface area contributed by atoms with Gasteiger partial charge in [0.25, 0.3) is 0 Å². The normalized spacial score (nSPS) is 16.6. The van der Waals surface area contributed by atoms with Crippen LogP contribution in [0.4, 0.5) is 11.4 Å². The minimum Gasteiger partial charge on any atom is -0.465 e. The van der Waals surface area contributed by atoms with Gasteiger partial charge in [-0.25, -0.2) is 4.79 Å². The summed E-state index contributed by atoms with van der Waals surface area (Å²) in [5.74, 6) is -0.683. The lowest BCUT2D eigenvalue weighted by Crippen LogP contribution is -2.30. The number of benzene rings is 2. The number of nitrogens with one attached hydrogen (secondary N) is 2. The van der Waals surface area contributed by atoms with Crippen molar-refractivity contribution in [2.45, 2.75) is 25.9 Å². The number of methoxy groups -OCH3 is 1. The maximum Gasteiger partial charge on any atom is 0.337 e. The molecule has 2 aromatic heterocycles. The zero-order valence-corrected chi connectivity index (χ0v) is 23.7. The second-order valence-corrected chi connectivity index (χ2v) is 10.4. The third-order valence-corrected chi connectivity index (χ3v) is 7.39. The molecule has 0 bridgehead atoms. The Labute approximate surface area is 242 Å². The van der Waals surface area contributed by atoms with E-state index in [2.05, 4.69) is 20.2 Å². The van der Waals surface area contributed by atoms with Crippen LogP contribution in [-0.4, -0.2) is 33.6 Å². The van der Waals surface area contributed by atoms with E-state index < -0.39 is 5.97 Å². The van der Waals surface area contributed by atoms with Gasteiger partial charge < -0.3 is 24.8 Å². The van der Waals surface area contributed by atoms with Gasteiger partial charge in [-0.15, -0.1) is 0 Å². The summed E-state index contributed by atoms with van der Waals surface area (Å²) < 4.78 is 6.90. The van der Waals surface area contributed by atoms with Gasteiger partial charge in [0, 0.05) is 35.4 Å². The van der Waals surface area contributed by atoms with Crippen LogP contribution in [-0.2, 0) is 9.53 Å². The zero-order chi connectivity index (χ0) is 28.4. The predicted octanol–water partition coefficient (Wildman–Crippen LogP) is 6.08. The first kappa shape index (κ1) is 27.4. The molecule has 10 heteroatoms. The van der Waals surface area contributed by atoms with Crippen LogP contribution in [0.15, 0.2) is 85.2 Å². The van der Waals surface area contributed by atoms with Crippen LogP contribution in [0.25, 0.3) is 5.69 Å².